The van der Waals surface area contributed by atoms with Gasteiger partial charge >= 0.3 is 0 Å². The van der Waals surface area contributed by atoms with E-state index in [2.05, 4.69) is 31.0 Å². The van der Waals surface area contributed by atoms with Gasteiger partial charge in [0.2, 0.25) is 0 Å². The zero-order valence-electron chi connectivity index (χ0n) is 10.6. The van der Waals surface area contributed by atoms with Crippen molar-refractivity contribution in [3.05, 3.63) is 0 Å². The van der Waals surface area contributed by atoms with Gasteiger partial charge in [-0.3, -0.25) is 4.90 Å². The van der Waals surface area contributed by atoms with E-state index in [4.69, 9.17) is 0 Å². The summed E-state index contributed by atoms with van der Waals surface area (Å²) in [5, 5.41) is 3.56. The lowest BCUT2D eigenvalue weighted by Gasteiger charge is -2.40. The van der Waals surface area contributed by atoms with Gasteiger partial charge in [-0.15, -0.1) is 0 Å². The van der Waals surface area contributed by atoms with Crippen LogP contribution >= 0.6 is 0 Å². The van der Waals surface area contributed by atoms with Gasteiger partial charge in [0.1, 0.15) is 0 Å². The molecular formula is C13H26N2. The quantitative estimate of drug-likeness (QED) is 0.660. The second-order valence-electron chi connectivity index (χ2n) is 6.48. The standard InChI is InChI=1S/C13H26N2/c1-12(2,3)15-9-5-4-6-13(11-15)7-8-14-10-13/h14H,4-11H2,1-3H3. The zero-order chi connectivity index (χ0) is 10.9. The van der Waals surface area contributed by atoms with E-state index in [0.29, 0.717) is 11.0 Å². The van der Waals surface area contributed by atoms with Gasteiger partial charge < -0.3 is 5.32 Å². The molecule has 2 aliphatic heterocycles. The lowest BCUT2D eigenvalue weighted by atomic mass is 9.82. The molecule has 0 bridgehead atoms. The molecule has 1 atom stereocenters. The Balaban J connectivity index is 2.08. The normalized spacial score (nSPS) is 34.6. The number of hydrogen-bond acceptors (Lipinski definition) is 2. The molecule has 88 valence electrons. The van der Waals surface area contributed by atoms with Crippen LogP contribution < -0.4 is 5.32 Å². The van der Waals surface area contributed by atoms with Crippen molar-refractivity contribution in [3.63, 3.8) is 0 Å². The number of rotatable bonds is 0. The van der Waals surface area contributed by atoms with Crippen molar-refractivity contribution in [2.75, 3.05) is 26.2 Å². The molecular weight excluding hydrogens is 184 g/mol. The molecule has 2 saturated heterocycles. The fourth-order valence-corrected chi connectivity index (χ4v) is 3.08. The summed E-state index contributed by atoms with van der Waals surface area (Å²) in [6.07, 6.45) is 5.64. The van der Waals surface area contributed by atoms with Gasteiger partial charge in [-0.05, 0) is 58.5 Å². The summed E-state index contributed by atoms with van der Waals surface area (Å²) in [5.74, 6) is 0. The molecule has 15 heavy (non-hydrogen) atoms. The predicted molar refractivity (Wildman–Crippen MR) is 65.1 cm³/mol. The molecule has 0 aromatic carbocycles. The molecule has 0 saturated carbocycles. The third kappa shape index (κ3) is 2.54. The largest absolute Gasteiger partial charge is 0.316 e. The molecule has 2 heterocycles. The molecule has 0 aromatic rings. The Labute approximate surface area is 94.4 Å². The Morgan fingerprint density at radius 2 is 1.93 bits per heavy atom. The molecule has 2 heteroatoms. The first kappa shape index (κ1) is 11.4. The van der Waals surface area contributed by atoms with Crippen molar-refractivity contribution in [2.45, 2.75) is 52.0 Å². The Bertz CT molecular complexity index is 211. The summed E-state index contributed by atoms with van der Waals surface area (Å²) >= 11 is 0. The number of nitrogens with zero attached hydrogens (tertiary/aromatic N) is 1. The molecule has 2 nitrogen and oxygen atoms in total. The fraction of sp³-hybridized carbons (Fsp3) is 1.00. The van der Waals surface area contributed by atoms with E-state index in [1.54, 1.807) is 0 Å². The van der Waals surface area contributed by atoms with Crippen molar-refractivity contribution in [1.29, 1.82) is 0 Å². The van der Waals surface area contributed by atoms with Crippen LogP contribution in [0.3, 0.4) is 0 Å². The summed E-state index contributed by atoms with van der Waals surface area (Å²) in [7, 11) is 0. The maximum Gasteiger partial charge on any atom is 0.0125 e. The maximum absolute atomic E-state index is 3.56. The molecule has 1 N–H and O–H groups in total. The summed E-state index contributed by atoms with van der Waals surface area (Å²) < 4.78 is 0. The minimum atomic E-state index is 0.347. The summed E-state index contributed by atoms with van der Waals surface area (Å²) in [5.41, 5.74) is 0.948. The van der Waals surface area contributed by atoms with Crippen molar-refractivity contribution < 1.29 is 0 Å². The number of likely N-dealkylation sites (tertiary alicyclic amines) is 1. The van der Waals surface area contributed by atoms with E-state index >= 15 is 0 Å². The molecule has 1 spiro atoms. The van der Waals surface area contributed by atoms with E-state index in [1.165, 1.54) is 51.9 Å². The van der Waals surface area contributed by atoms with E-state index in [0.717, 1.165) is 0 Å². The first-order valence-electron chi connectivity index (χ1n) is 6.48. The molecule has 2 rings (SSSR count). The summed E-state index contributed by atoms with van der Waals surface area (Å²) in [6.45, 7) is 12.2. The topological polar surface area (TPSA) is 15.3 Å². The highest BCUT2D eigenvalue weighted by molar-refractivity contribution is 4.94. The van der Waals surface area contributed by atoms with Crippen LogP contribution in [0.2, 0.25) is 0 Å². The van der Waals surface area contributed by atoms with Crippen molar-refractivity contribution in [3.8, 4) is 0 Å². The van der Waals surface area contributed by atoms with Crippen LogP contribution in [-0.2, 0) is 0 Å². The lowest BCUT2D eigenvalue weighted by molar-refractivity contribution is 0.0902. The van der Waals surface area contributed by atoms with Crippen LogP contribution in [0, 0.1) is 5.41 Å². The van der Waals surface area contributed by atoms with Crippen LogP contribution in [0.4, 0.5) is 0 Å². The molecule has 0 aromatic heterocycles. The first-order valence-corrected chi connectivity index (χ1v) is 6.48. The van der Waals surface area contributed by atoms with Gasteiger partial charge in [-0.2, -0.15) is 0 Å². The highest BCUT2D eigenvalue weighted by Gasteiger charge is 2.38. The van der Waals surface area contributed by atoms with Crippen molar-refractivity contribution >= 4 is 0 Å². The van der Waals surface area contributed by atoms with Gasteiger partial charge in [0.25, 0.3) is 0 Å². The van der Waals surface area contributed by atoms with Crippen LogP contribution in [0.1, 0.15) is 46.5 Å². The molecule has 0 amide bonds. The average Bonchev–Trinajstić information content (AvgIpc) is 2.45. The minimum absolute atomic E-state index is 0.347. The fourth-order valence-electron chi connectivity index (χ4n) is 3.08. The molecule has 0 aliphatic carbocycles. The Hall–Kier alpha value is -0.0800. The third-order valence-corrected chi connectivity index (χ3v) is 4.19. The van der Waals surface area contributed by atoms with Crippen LogP contribution in [0.5, 0.6) is 0 Å². The van der Waals surface area contributed by atoms with Gasteiger partial charge in [0, 0.05) is 18.6 Å². The van der Waals surface area contributed by atoms with Gasteiger partial charge in [-0.25, -0.2) is 0 Å². The van der Waals surface area contributed by atoms with E-state index in [-0.39, 0.29) is 0 Å². The lowest BCUT2D eigenvalue weighted by Crippen LogP contribution is -2.47. The Morgan fingerprint density at radius 3 is 2.53 bits per heavy atom. The van der Waals surface area contributed by atoms with E-state index in [1.807, 2.05) is 0 Å². The Kier molecular flexibility index (Phi) is 3.09. The smallest absolute Gasteiger partial charge is 0.0125 e. The van der Waals surface area contributed by atoms with Crippen LogP contribution in [0.25, 0.3) is 0 Å². The molecule has 2 aliphatic rings. The van der Waals surface area contributed by atoms with E-state index in [9.17, 15) is 0 Å². The van der Waals surface area contributed by atoms with Gasteiger partial charge in [0.05, 0.1) is 0 Å². The van der Waals surface area contributed by atoms with Crippen LogP contribution in [-0.4, -0.2) is 36.6 Å². The van der Waals surface area contributed by atoms with Crippen LogP contribution in [0.15, 0.2) is 0 Å². The average molecular weight is 210 g/mol. The highest BCUT2D eigenvalue weighted by atomic mass is 15.2. The second kappa shape index (κ2) is 4.06. The minimum Gasteiger partial charge on any atom is -0.316 e. The first-order chi connectivity index (χ1) is 7.02. The second-order valence-corrected chi connectivity index (χ2v) is 6.48. The molecule has 1 unspecified atom stereocenters. The van der Waals surface area contributed by atoms with Gasteiger partial charge in [-0.1, -0.05) is 6.42 Å². The molecule has 0 radical (unpaired) electrons. The summed E-state index contributed by atoms with van der Waals surface area (Å²) in [4.78, 5) is 2.70. The van der Waals surface area contributed by atoms with Crippen molar-refractivity contribution in [2.24, 2.45) is 5.41 Å². The Morgan fingerprint density at radius 1 is 1.13 bits per heavy atom. The number of nitrogens with one attached hydrogen (secondary N) is 1. The summed E-state index contributed by atoms with van der Waals surface area (Å²) in [6, 6.07) is 0. The predicted octanol–water partition coefficient (Wildman–Crippen LogP) is 2.25. The number of hydrogen-bond donors (Lipinski definition) is 1. The zero-order valence-corrected chi connectivity index (χ0v) is 10.6. The third-order valence-electron chi connectivity index (χ3n) is 4.19. The monoisotopic (exact) mass is 210 g/mol. The maximum atomic E-state index is 3.56. The SMILES string of the molecule is CC(C)(C)N1CCCCC2(CCNC2)C1. The highest BCUT2D eigenvalue weighted by Crippen LogP contribution is 2.36. The van der Waals surface area contributed by atoms with E-state index < -0.39 is 0 Å². The molecule has 2 fully saturated rings. The van der Waals surface area contributed by atoms with Gasteiger partial charge in [0.15, 0.2) is 0 Å². The van der Waals surface area contributed by atoms with Crippen molar-refractivity contribution in [1.82, 2.24) is 10.2 Å².